The van der Waals surface area contributed by atoms with Gasteiger partial charge in [-0.15, -0.1) is 22.7 Å². The summed E-state index contributed by atoms with van der Waals surface area (Å²) in [5.74, 6) is 3.55. The molecule has 10 nitrogen and oxygen atoms in total. The minimum atomic E-state index is 0.561. The summed E-state index contributed by atoms with van der Waals surface area (Å²) in [5, 5.41) is 9.85. The molecule has 124 heavy (non-hydrogen) atoms. The summed E-state index contributed by atoms with van der Waals surface area (Å²) >= 11 is 3.65. The van der Waals surface area contributed by atoms with Crippen LogP contribution in [0.2, 0.25) is 0 Å². The van der Waals surface area contributed by atoms with E-state index in [1.54, 1.807) is 0 Å². The van der Waals surface area contributed by atoms with E-state index < -0.39 is 0 Å². The van der Waals surface area contributed by atoms with Crippen LogP contribution < -0.4 is 0 Å². The fourth-order valence-electron chi connectivity index (χ4n) is 17.4. The third-order valence-corrected chi connectivity index (χ3v) is 25.6. The molecule has 0 atom stereocenters. The van der Waals surface area contributed by atoms with Crippen LogP contribution in [-0.2, 0) is 0 Å². The normalized spacial score (nSPS) is 11.5. The molecular weight excluding hydrogens is 1550 g/mol. The van der Waals surface area contributed by atoms with Crippen molar-refractivity contribution < 1.29 is 0 Å². The number of fused-ring (bicyclic) bond motifs is 12. The van der Waals surface area contributed by atoms with Crippen molar-refractivity contribution in [2.24, 2.45) is 0 Å². The van der Waals surface area contributed by atoms with Crippen LogP contribution in [0.15, 0.2) is 425 Å². The van der Waals surface area contributed by atoms with E-state index >= 15 is 0 Å². The van der Waals surface area contributed by atoms with Crippen molar-refractivity contribution in [3.05, 3.63) is 425 Å². The van der Waals surface area contributed by atoms with E-state index in [1.807, 2.05) is 169 Å². The fourth-order valence-corrected chi connectivity index (χ4v) is 19.7. The second kappa shape index (κ2) is 31.2. The van der Waals surface area contributed by atoms with Gasteiger partial charge in [0.25, 0.3) is 0 Å². The Hall–Kier alpha value is -16.1. The number of rotatable bonds is 14. The highest BCUT2D eigenvalue weighted by atomic mass is 32.1. The third kappa shape index (κ3) is 13.5. The zero-order valence-electron chi connectivity index (χ0n) is 66.7. The molecule has 0 saturated carbocycles. The molecule has 16 aromatic carbocycles. The van der Waals surface area contributed by atoms with Crippen molar-refractivity contribution in [1.82, 2.24) is 49.0 Å². The molecule has 24 aromatic rings. The van der Waals surface area contributed by atoms with Gasteiger partial charge >= 0.3 is 0 Å². The van der Waals surface area contributed by atoms with Crippen LogP contribution in [0.3, 0.4) is 0 Å². The number of pyridine rings is 2. The van der Waals surface area contributed by atoms with Crippen molar-refractivity contribution in [2.75, 3.05) is 0 Å². The minimum absolute atomic E-state index is 0.561. The van der Waals surface area contributed by atoms with Gasteiger partial charge in [0, 0.05) is 141 Å². The van der Waals surface area contributed by atoms with Gasteiger partial charge < -0.3 is 9.13 Å². The first-order valence-electron chi connectivity index (χ1n) is 41.4. The largest absolute Gasteiger partial charge is 0.309 e. The summed E-state index contributed by atoms with van der Waals surface area (Å²) in [6.07, 6.45) is 3.97. The summed E-state index contributed by atoms with van der Waals surface area (Å²) < 4.78 is 9.69. The molecule has 0 saturated heterocycles. The summed E-state index contributed by atoms with van der Waals surface area (Å²) in [4.78, 5) is 41.5. The van der Waals surface area contributed by atoms with E-state index in [2.05, 4.69) is 288 Å². The van der Waals surface area contributed by atoms with Crippen molar-refractivity contribution in [3.63, 3.8) is 0 Å². The lowest BCUT2D eigenvalue weighted by Gasteiger charge is -2.14. The second-order valence-corrected chi connectivity index (χ2v) is 33.1. The molecule has 0 fully saturated rings. The minimum Gasteiger partial charge on any atom is -0.309 e. The molecule has 0 spiro atoms. The van der Waals surface area contributed by atoms with E-state index in [0.717, 1.165) is 112 Å². The fraction of sp³-hybridized carbons (Fsp3) is 0. The topological polar surface area (TPSA) is 113 Å². The summed E-state index contributed by atoms with van der Waals surface area (Å²) in [5.41, 5.74) is 24.7. The summed E-state index contributed by atoms with van der Waals surface area (Å²) in [7, 11) is 0. The van der Waals surface area contributed by atoms with Gasteiger partial charge in [-0.2, -0.15) is 0 Å². The van der Waals surface area contributed by atoms with Crippen LogP contribution in [0.4, 0.5) is 0 Å². The zero-order chi connectivity index (χ0) is 82.0. The van der Waals surface area contributed by atoms with Crippen LogP contribution in [0.1, 0.15) is 0 Å². The molecular formula is C112H70N10S2. The molecule has 0 unspecified atom stereocenters. The number of hydrogen-bond acceptors (Lipinski definition) is 10. The highest BCUT2D eigenvalue weighted by molar-refractivity contribution is 7.26. The lowest BCUT2D eigenvalue weighted by atomic mass is 9.96. The van der Waals surface area contributed by atoms with Crippen LogP contribution in [0, 0.1) is 0 Å². The quantitative estimate of drug-likeness (QED) is 0.106. The molecule has 0 amide bonds. The van der Waals surface area contributed by atoms with Gasteiger partial charge in [0.2, 0.25) is 0 Å². The van der Waals surface area contributed by atoms with Gasteiger partial charge in [0.1, 0.15) is 0 Å². The zero-order valence-corrected chi connectivity index (χ0v) is 68.3. The Morgan fingerprint density at radius 1 is 0.169 bits per heavy atom. The molecule has 24 rings (SSSR count). The highest BCUT2D eigenvalue weighted by Crippen LogP contribution is 2.47. The van der Waals surface area contributed by atoms with Crippen LogP contribution in [0.25, 0.3) is 231 Å². The number of aromatic nitrogens is 10. The predicted octanol–water partition coefficient (Wildman–Crippen LogP) is 29.5. The highest BCUT2D eigenvalue weighted by Gasteiger charge is 2.25. The molecule has 0 bridgehead atoms. The van der Waals surface area contributed by atoms with E-state index in [0.29, 0.717) is 34.9 Å². The second-order valence-electron chi connectivity index (χ2n) is 30.9. The molecule has 8 aromatic heterocycles. The first-order chi connectivity index (χ1) is 61.4. The Balaban J connectivity index is 0.000000143. The Labute approximate surface area is 722 Å². The van der Waals surface area contributed by atoms with Gasteiger partial charge in [-0.1, -0.05) is 309 Å². The van der Waals surface area contributed by atoms with E-state index in [-0.39, 0.29) is 0 Å². The van der Waals surface area contributed by atoms with Crippen molar-refractivity contribution >= 4 is 107 Å². The summed E-state index contributed by atoms with van der Waals surface area (Å²) in [6.45, 7) is 0. The molecule has 0 aliphatic rings. The number of benzene rings is 16. The van der Waals surface area contributed by atoms with E-state index in [9.17, 15) is 0 Å². The lowest BCUT2D eigenvalue weighted by molar-refractivity contribution is 1.07. The third-order valence-electron chi connectivity index (χ3n) is 23.4. The number of thiophene rings is 2. The van der Waals surface area contributed by atoms with Crippen molar-refractivity contribution in [2.45, 2.75) is 0 Å². The number of hydrogen-bond donors (Lipinski definition) is 0. The Bertz CT molecular complexity index is 8070. The van der Waals surface area contributed by atoms with Crippen LogP contribution >= 0.6 is 22.7 Å². The molecule has 0 radical (unpaired) electrons. The van der Waals surface area contributed by atoms with Crippen LogP contribution in [0.5, 0.6) is 0 Å². The molecule has 0 N–H and O–H groups in total. The molecule has 0 aliphatic heterocycles. The SMILES string of the molecule is c1ccc(-c2cccc(-c3cnc(-c4ccc5c(c4)sc4cc6c7ccccc7n(-c7ccccc7)c6cc45)c(-c4nc(-c5ccccc5)nc(-c5ccccc5)n4)c3)c2)cc1.c1ccc(-c2cccc(-c3cnc(-c4ccc5sc6cc7c8ccccc8n(-c8ccccc8)c7cc6c5c4)c(-c4nc(-c5ccccc5)nc(-c5ccccc5)n4)c3)c2)cc1. The number of para-hydroxylation sites is 4. The van der Waals surface area contributed by atoms with Gasteiger partial charge in [-0.25, -0.2) is 29.9 Å². The maximum absolute atomic E-state index is 5.31. The van der Waals surface area contributed by atoms with Crippen LogP contribution in [-0.4, -0.2) is 49.0 Å². The summed E-state index contributed by atoms with van der Waals surface area (Å²) in [6, 6.07) is 145. The molecule has 0 aliphatic carbocycles. The molecule has 580 valence electrons. The first kappa shape index (κ1) is 73.1. The Morgan fingerprint density at radius 2 is 0.484 bits per heavy atom. The van der Waals surface area contributed by atoms with E-state index in [1.165, 1.54) is 84.0 Å². The number of nitrogens with zero attached hydrogens (tertiary/aromatic N) is 10. The molecule has 8 heterocycles. The average Bonchev–Trinajstić information content (AvgIpc) is 1.57. The first-order valence-corrected chi connectivity index (χ1v) is 43.0. The van der Waals surface area contributed by atoms with Gasteiger partial charge in [0.15, 0.2) is 34.9 Å². The average molecular weight is 1620 g/mol. The van der Waals surface area contributed by atoms with E-state index in [4.69, 9.17) is 39.9 Å². The van der Waals surface area contributed by atoms with Gasteiger partial charge in [-0.3, -0.25) is 9.97 Å². The smallest absolute Gasteiger partial charge is 0.166 e. The van der Waals surface area contributed by atoms with Gasteiger partial charge in [-0.05, 0) is 137 Å². The predicted molar refractivity (Wildman–Crippen MR) is 515 cm³/mol. The lowest BCUT2D eigenvalue weighted by Crippen LogP contribution is -2.02. The molecule has 12 heteroatoms. The van der Waals surface area contributed by atoms with Crippen molar-refractivity contribution in [3.8, 4) is 147 Å². The maximum Gasteiger partial charge on any atom is 0.166 e. The van der Waals surface area contributed by atoms with Gasteiger partial charge in [0.05, 0.1) is 33.5 Å². The Morgan fingerprint density at radius 3 is 0.903 bits per heavy atom. The standard InChI is InChI=1S/2C56H35N5S/c1-5-16-36(17-6-1)39-22-15-23-40(30-39)42-31-48(56-59-54(37-18-7-2-8-19-37)58-55(60-56)38-20-9-3-10-21-38)53(57-35-42)41-28-29-45-47-33-50-46(34-52(47)62-51(45)32-41)44-26-13-14-27-49(44)61(50)43-24-11-4-12-25-43;1-5-16-36(17-6-1)39-22-15-23-40(30-39)42-32-48(56-59-54(37-18-7-2-8-19-37)58-55(60-56)38-20-9-3-10-21-38)53(57-35-42)41-28-29-51-46(31-41)47-33-50-45(34-52(47)62-51)44-26-13-14-27-49(44)61(50)43-24-11-4-12-25-43/h2*1-35H. The monoisotopic (exact) mass is 1620 g/mol. The Kier molecular flexibility index (Phi) is 18.4. The van der Waals surface area contributed by atoms with Crippen molar-refractivity contribution in [1.29, 1.82) is 0 Å². The maximum atomic E-state index is 5.31.